The number of hydrogen-bond acceptors (Lipinski definition) is 3. The molecule has 0 saturated carbocycles. The highest BCUT2D eigenvalue weighted by Crippen LogP contribution is 2.39. The van der Waals surface area contributed by atoms with Gasteiger partial charge in [0.05, 0.1) is 7.11 Å². The van der Waals surface area contributed by atoms with Crippen LogP contribution in [0.4, 0.5) is 0 Å². The van der Waals surface area contributed by atoms with E-state index in [2.05, 4.69) is 37.4 Å². The highest BCUT2D eigenvalue weighted by molar-refractivity contribution is 5.44. The van der Waals surface area contributed by atoms with Gasteiger partial charge in [0.25, 0.3) is 0 Å². The van der Waals surface area contributed by atoms with E-state index in [-0.39, 0.29) is 5.41 Å². The molecule has 0 atom stereocenters. The first-order valence-electron chi connectivity index (χ1n) is 7.22. The molecular formula is C16H26N2O. The lowest BCUT2D eigenvalue weighted by Gasteiger charge is -2.38. The minimum Gasteiger partial charge on any atom is -0.496 e. The van der Waals surface area contributed by atoms with Gasteiger partial charge in [0.15, 0.2) is 0 Å². The SMILES string of the molecule is COc1ccc(C(C)C)cc1C1(CN)CCNCC1. The van der Waals surface area contributed by atoms with E-state index in [0.29, 0.717) is 12.5 Å². The fourth-order valence-corrected chi connectivity index (χ4v) is 2.99. The average molecular weight is 262 g/mol. The number of piperidine rings is 1. The summed E-state index contributed by atoms with van der Waals surface area (Å²) in [5.74, 6) is 1.51. The van der Waals surface area contributed by atoms with Gasteiger partial charge in [-0.15, -0.1) is 0 Å². The maximum Gasteiger partial charge on any atom is 0.122 e. The zero-order valence-electron chi connectivity index (χ0n) is 12.3. The molecule has 3 heteroatoms. The Morgan fingerprint density at radius 1 is 1.32 bits per heavy atom. The first-order valence-corrected chi connectivity index (χ1v) is 7.22. The van der Waals surface area contributed by atoms with Gasteiger partial charge in [0.1, 0.15) is 5.75 Å². The van der Waals surface area contributed by atoms with Gasteiger partial charge in [-0.05, 0) is 43.5 Å². The number of nitrogens with two attached hydrogens (primary N) is 1. The van der Waals surface area contributed by atoms with E-state index in [1.807, 2.05) is 0 Å². The summed E-state index contributed by atoms with van der Waals surface area (Å²) in [6.45, 7) is 7.21. The Bertz CT molecular complexity index is 423. The van der Waals surface area contributed by atoms with Crippen molar-refractivity contribution in [2.24, 2.45) is 5.73 Å². The van der Waals surface area contributed by atoms with Crippen LogP contribution in [-0.4, -0.2) is 26.7 Å². The third kappa shape index (κ3) is 2.77. The molecular weight excluding hydrogens is 236 g/mol. The van der Waals surface area contributed by atoms with Gasteiger partial charge >= 0.3 is 0 Å². The lowest BCUT2D eigenvalue weighted by Crippen LogP contribution is -2.45. The summed E-state index contributed by atoms with van der Waals surface area (Å²) in [6.07, 6.45) is 2.17. The summed E-state index contributed by atoms with van der Waals surface area (Å²) in [5, 5.41) is 3.42. The molecule has 1 fully saturated rings. The fraction of sp³-hybridized carbons (Fsp3) is 0.625. The highest BCUT2D eigenvalue weighted by atomic mass is 16.5. The summed E-state index contributed by atoms with van der Waals surface area (Å²) in [6, 6.07) is 6.57. The maximum absolute atomic E-state index is 6.14. The molecule has 1 aromatic rings. The molecule has 1 saturated heterocycles. The summed E-state index contributed by atoms with van der Waals surface area (Å²) >= 11 is 0. The normalized spacial score (nSPS) is 18.6. The summed E-state index contributed by atoms with van der Waals surface area (Å²) in [7, 11) is 1.75. The Balaban J connectivity index is 2.47. The van der Waals surface area contributed by atoms with Crippen molar-refractivity contribution in [3.63, 3.8) is 0 Å². The molecule has 1 heterocycles. The molecule has 0 unspecified atom stereocenters. The van der Waals surface area contributed by atoms with Crippen LogP contribution in [0.1, 0.15) is 43.7 Å². The third-order valence-corrected chi connectivity index (χ3v) is 4.41. The summed E-state index contributed by atoms with van der Waals surface area (Å²) in [5.41, 5.74) is 8.87. The minimum absolute atomic E-state index is 0.0709. The van der Waals surface area contributed by atoms with Gasteiger partial charge in [-0.1, -0.05) is 26.0 Å². The number of benzene rings is 1. The van der Waals surface area contributed by atoms with Crippen molar-refractivity contribution < 1.29 is 4.74 Å². The molecule has 19 heavy (non-hydrogen) atoms. The van der Waals surface area contributed by atoms with E-state index < -0.39 is 0 Å². The maximum atomic E-state index is 6.14. The number of hydrogen-bond donors (Lipinski definition) is 2. The molecule has 3 N–H and O–H groups in total. The van der Waals surface area contributed by atoms with E-state index in [0.717, 1.165) is 31.7 Å². The fourth-order valence-electron chi connectivity index (χ4n) is 2.99. The lowest BCUT2D eigenvalue weighted by molar-refractivity contribution is 0.300. The van der Waals surface area contributed by atoms with Crippen molar-refractivity contribution in [3.8, 4) is 5.75 Å². The van der Waals surface area contributed by atoms with Crippen LogP contribution < -0.4 is 15.8 Å². The van der Waals surface area contributed by atoms with Gasteiger partial charge in [0, 0.05) is 17.5 Å². The number of nitrogens with one attached hydrogen (secondary N) is 1. The smallest absolute Gasteiger partial charge is 0.122 e. The van der Waals surface area contributed by atoms with Crippen molar-refractivity contribution >= 4 is 0 Å². The Morgan fingerprint density at radius 2 is 2.00 bits per heavy atom. The van der Waals surface area contributed by atoms with E-state index in [4.69, 9.17) is 10.5 Å². The molecule has 1 aliphatic heterocycles. The molecule has 0 aromatic heterocycles. The number of ether oxygens (including phenoxy) is 1. The van der Waals surface area contributed by atoms with Crippen molar-refractivity contribution in [2.45, 2.75) is 38.0 Å². The molecule has 0 amide bonds. The average Bonchev–Trinajstić information content (AvgIpc) is 2.47. The summed E-state index contributed by atoms with van der Waals surface area (Å²) in [4.78, 5) is 0. The number of methoxy groups -OCH3 is 1. The predicted octanol–water partition coefficient (Wildman–Crippen LogP) is 2.40. The van der Waals surface area contributed by atoms with Crippen LogP contribution in [0.25, 0.3) is 0 Å². The van der Waals surface area contributed by atoms with Crippen molar-refractivity contribution in [3.05, 3.63) is 29.3 Å². The van der Waals surface area contributed by atoms with Crippen LogP contribution in [0, 0.1) is 0 Å². The van der Waals surface area contributed by atoms with Gasteiger partial charge in [-0.2, -0.15) is 0 Å². The summed E-state index contributed by atoms with van der Waals surface area (Å²) < 4.78 is 5.58. The van der Waals surface area contributed by atoms with Gasteiger partial charge in [-0.3, -0.25) is 0 Å². The standard InChI is InChI=1S/C16H26N2O/c1-12(2)13-4-5-15(19-3)14(10-13)16(11-17)6-8-18-9-7-16/h4-5,10,12,18H,6-9,11,17H2,1-3H3. The van der Waals surface area contributed by atoms with Crippen LogP contribution in [0.2, 0.25) is 0 Å². The lowest BCUT2D eigenvalue weighted by atomic mass is 9.72. The molecule has 0 aliphatic carbocycles. The molecule has 106 valence electrons. The van der Waals surface area contributed by atoms with E-state index in [9.17, 15) is 0 Å². The van der Waals surface area contributed by atoms with Crippen molar-refractivity contribution in [1.82, 2.24) is 5.32 Å². The predicted molar refractivity (Wildman–Crippen MR) is 79.9 cm³/mol. The zero-order valence-corrected chi connectivity index (χ0v) is 12.3. The van der Waals surface area contributed by atoms with Gasteiger partial charge in [-0.25, -0.2) is 0 Å². The Kier molecular flexibility index (Phi) is 4.48. The van der Waals surface area contributed by atoms with E-state index in [1.165, 1.54) is 11.1 Å². The van der Waals surface area contributed by atoms with Crippen molar-refractivity contribution in [1.29, 1.82) is 0 Å². The number of rotatable bonds is 4. The minimum atomic E-state index is 0.0709. The first-order chi connectivity index (χ1) is 9.13. The molecule has 3 nitrogen and oxygen atoms in total. The highest BCUT2D eigenvalue weighted by Gasteiger charge is 2.35. The van der Waals surface area contributed by atoms with Crippen LogP contribution in [-0.2, 0) is 5.41 Å². The first kappa shape index (κ1) is 14.4. The van der Waals surface area contributed by atoms with E-state index in [1.54, 1.807) is 7.11 Å². The molecule has 2 rings (SSSR count). The molecule has 0 bridgehead atoms. The Morgan fingerprint density at radius 3 is 2.53 bits per heavy atom. The molecule has 0 radical (unpaired) electrons. The second kappa shape index (κ2) is 5.93. The quantitative estimate of drug-likeness (QED) is 0.876. The van der Waals surface area contributed by atoms with Crippen LogP contribution in [0.15, 0.2) is 18.2 Å². The van der Waals surface area contributed by atoms with Gasteiger partial charge < -0.3 is 15.8 Å². The topological polar surface area (TPSA) is 47.3 Å². The van der Waals surface area contributed by atoms with E-state index >= 15 is 0 Å². The van der Waals surface area contributed by atoms with Crippen LogP contribution in [0.3, 0.4) is 0 Å². The monoisotopic (exact) mass is 262 g/mol. The molecule has 0 spiro atoms. The van der Waals surface area contributed by atoms with Crippen molar-refractivity contribution in [2.75, 3.05) is 26.7 Å². The largest absolute Gasteiger partial charge is 0.496 e. The zero-order chi connectivity index (χ0) is 13.9. The third-order valence-electron chi connectivity index (χ3n) is 4.41. The second-order valence-electron chi connectivity index (χ2n) is 5.85. The Hall–Kier alpha value is -1.06. The molecule has 1 aromatic carbocycles. The second-order valence-corrected chi connectivity index (χ2v) is 5.85. The van der Waals surface area contributed by atoms with Crippen LogP contribution >= 0.6 is 0 Å². The molecule has 1 aliphatic rings. The van der Waals surface area contributed by atoms with Gasteiger partial charge in [0.2, 0.25) is 0 Å². The van der Waals surface area contributed by atoms with Crippen LogP contribution in [0.5, 0.6) is 5.75 Å². The Labute approximate surface area is 116 Å².